The van der Waals surface area contributed by atoms with Crippen molar-refractivity contribution in [2.75, 3.05) is 11.9 Å². The Hall–Kier alpha value is -2.05. The third kappa shape index (κ3) is 2.69. The highest BCUT2D eigenvalue weighted by molar-refractivity contribution is 5.97. The van der Waals surface area contributed by atoms with Crippen LogP contribution in [0.5, 0.6) is 0 Å². The van der Waals surface area contributed by atoms with Gasteiger partial charge in [-0.25, -0.2) is 0 Å². The maximum absolute atomic E-state index is 9.42. The van der Waals surface area contributed by atoms with E-state index in [0.29, 0.717) is 11.5 Å². The molecule has 1 atom stereocenters. The molecule has 0 bridgehead atoms. The minimum atomic E-state index is 0.0105. The van der Waals surface area contributed by atoms with E-state index in [4.69, 9.17) is 5.26 Å². The molecule has 2 aromatic rings. The third-order valence-corrected chi connectivity index (χ3v) is 3.39. The summed E-state index contributed by atoms with van der Waals surface area (Å²) in [6.45, 7) is 4.23. The van der Waals surface area contributed by atoms with Crippen LogP contribution in [0.2, 0.25) is 0 Å². The summed E-state index contributed by atoms with van der Waals surface area (Å²) < 4.78 is 0. The summed E-state index contributed by atoms with van der Waals surface area (Å²) in [6.07, 6.45) is 0. The van der Waals surface area contributed by atoms with Crippen LogP contribution in [0, 0.1) is 17.2 Å². The fourth-order valence-electron chi connectivity index (χ4n) is 2.15. The number of nitrogens with one attached hydrogen (secondary N) is 1. The van der Waals surface area contributed by atoms with Crippen LogP contribution in [-0.2, 0) is 0 Å². The summed E-state index contributed by atoms with van der Waals surface area (Å²) in [5, 5.41) is 23.9. The van der Waals surface area contributed by atoms with Crippen LogP contribution in [0.1, 0.15) is 19.4 Å². The van der Waals surface area contributed by atoms with E-state index in [0.717, 1.165) is 16.5 Å². The summed E-state index contributed by atoms with van der Waals surface area (Å²) in [5.41, 5.74) is 1.63. The van der Waals surface area contributed by atoms with Gasteiger partial charge in [0.15, 0.2) is 0 Å². The molecule has 0 heterocycles. The van der Waals surface area contributed by atoms with Crippen LogP contribution in [0.25, 0.3) is 10.8 Å². The van der Waals surface area contributed by atoms with Gasteiger partial charge in [-0.15, -0.1) is 0 Å². The third-order valence-electron chi connectivity index (χ3n) is 3.39. The molecule has 0 aliphatic heterocycles. The fourth-order valence-corrected chi connectivity index (χ4v) is 2.15. The monoisotopic (exact) mass is 254 g/mol. The zero-order valence-electron chi connectivity index (χ0n) is 11.2. The number of rotatable bonds is 4. The maximum atomic E-state index is 9.42. The largest absolute Gasteiger partial charge is 0.394 e. The Morgan fingerprint density at radius 2 is 1.84 bits per heavy atom. The van der Waals surface area contributed by atoms with Crippen molar-refractivity contribution in [2.45, 2.75) is 19.9 Å². The van der Waals surface area contributed by atoms with Crippen LogP contribution >= 0.6 is 0 Å². The number of aliphatic hydroxyl groups is 1. The molecule has 1 unspecified atom stereocenters. The Bertz CT molecular complexity index is 614. The van der Waals surface area contributed by atoms with Crippen LogP contribution < -0.4 is 5.32 Å². The molecule has 2 N–H and O–H groups in total. The average molecular weight is 254 g/mol. The second-order valence-electron chi connectivity index (χ2n) is 5.00. The van der Waals surface area contributed by atoms with E-state index >= 15 is 0 Å². The molecule has 0 spiro atoms. The Morgan fingerprint density at radius 1 is 1.16 bits per heavy atom. The lowest BCUT2D eigenvalue weighted by molar-refractivity contribution is 0.249. The second-order valence-corrected chi connectivity index (χ2v) is 5.00. The number of nitrogens with zero attached hydrogens (tertiary/aromatic N) is 1. The minimum absolute atomic E-state index is 0.0105. The highest BCUT2D eigenvalue weighted by Crippen LogP contribution is 2.27. The topological polar surface area (TPSA) is 56.0 Å². The second kappa shape index (κ2) is 5.73. The number of fused-ring (bicyclic) bond motifs is 1. The van der Waals surface area contributed by atoms with Crippen molar-refractivity contribution < 1.29 is 5.11 Å². The lowest BCUT2D eigenvalue weighted by Crippen LogP contribution is -2.29. The zero-order valence-corrected chi connectivity index (χ0v) is 11.2. The van der Waals surface area contributed by atoms with E-state index < -0.39 is 0 Å². The average Bonchev–Trinajstić information content (AvgIpc) is 2.44. The summed E-state index contributed by atoms with van der Waals surface area (Å²) >= 11 is 0. The molecule has 0 aromatic heterocycles. The highest BCUT2D eigenvalue weighted by atomic mass is 16.3. The molecule has 3 heteroatoms. The SMILES string of the molecule is CC(C)C(CO)Nc1ccc(C#N)c2ccccc12. The van der Waals surface area contributed by atoms with Gasteiger partial charge in [-0.3, -0.25) is 0 Å². The molecule has 0 fully saturated rings. The van der Waals surface area contributed by atoms with E-state index in [-0.39, 0.29) is 12.6 Å². The van der Waals surface area contributed by atoms with Gasteiger partial charge in [-0.05, 0) is 18.1 Å². The van der Waals surface area contributed by atoms with Crippen LogP contribution in [-0.4, -0.2) is 17.8 Å². The Labute approximate surface area is 113 Å². The number of aliphatic hydroxyl groups excluding tert-OH is 1. The minimum Gasteiger partial charge on any atom is -0.394 e. The molecular weight excluding hydrogens is 236 g/mol. The molecule has 19 heavy (non-hydrogen) atoms. The first-order valence-electron chi connectivity index (χ1n) is 6.46. The highest BCUT2D eigenvalue weighted by Gasteiger charge is 2.13. The number of benzene rings is 2. The van der Waals surface area contributed by atoms with Gasteiger partial charge < -0.3 is 10.4 Å². The predicted molar refractivity (Wildman–Crippen MR) is 78.0 cm³/mol. The first-order valence-corrected chi connectivity index (χ1v) is 6.46. The number of hydrogen-bond acceptors (Lipinski definition) is 3. The van der Waals surface area contributed by atoms with Crippen LogP contribution in [0.15, 0.2) is 36.4 Å². The molecule has 0 radical (unpaired) electrons. The molecule has 2 aromatic carbocycles. The Balaban J connectivity index is 2.48. The Morgan fingerprint density at radius 3 is 2.42 bits per heavy atom. The summed E-state index contributed by atoms with van der Waals surface area (Å²) in [5.74, 6) is 0.333. The molecule has 0 saturated carbocycles. The Kier molecular flexibility index (Phi) is 4.03. The standard InChI is InChI=1S/C16H18N2O/c1-11(2)16(10-19)18-15-8-7-12(9-17)13-5-3-4-6-14(13)15/h3-8,11,16,18-19H,10H2,1-2H3. The number of anilines is 1. The number of nitriles is 1. The van der Waals surface area contributed by atoms with Gasteiger partial charge in [-0.1, -0.05) is 38.1 Å². The van der Waals surface area contributed by atoms with Gasteiger partial charge in [0.25, 0.3) is 0 Å². The lowest BCUT2D eigenvalue weighted by atomic mass is 10.0. The van der Waals surface area contributed by atoms with Crippen molar-refractivity contribution in [2.24, 2.45) is 5.92 Å². The molecule has 0 amide bonds. The molecule has 0 aliphatic rings. The van der Waals surface area contributed by atoms with E-state index in [2.05, 4.69) is 25.2 Å². The molecule has 2 rings (SSSR count). The van der Waals surface area contributed by atoms with Crippen molar-refractivity contribution in [3.63, 3.8) is 0 Å². The first-order chi connectivity index (χ1) is 9.17. The summed E-state index contributed by atoms with van der Waals surface area (Å²) in [7, 11) is 0. The molecular formula is C16H18N2O. The molecule has 0 aliphatic carbocycles. The number of hydrogen-bond donors (Lipinski definition) is 2. The van der Waals surface area contributed by atoms with Crippen molar-refractivity contribution in [3.05, 3.63) is 42.0 Å². The first kappa shape index (κ1) is 13.4. The van der Waals surface area contributed by atoms with Crippen molar-refractivity contribution in [1.29, 1.82) is 5.26 Å². The van der Waals surface area contributed by atoms with E-state index in [1.165, 1.54) is 0 Å². The van der Waals surface area contributed by atoms with Crippen molar-refractivity contribution in [3.8, 4) is 6.07 Å². The smallest absolute Gasteiger partial charge is 0.0998 e. The normalized spacial score (nSPS) is 12.4. The molecule has 3 nitrogen and oxygen atoms in total. The van der Waals surface area contributed by atoms with Gasteiger partial charge in [0.2, 0.25) is 0 Å². The van der Waals surface area contributed by atoms with E-state index in [1.54, 1.807) is 0 Å². The lowest BCUT2D eigenvalue weighted by Gasteiger charge is -2.22. The quantitative estimate of drug-likeness (QED) is 0.881. The van der Waals surface area contributed by atoms with Crippen molar-refractivity contribution in [1.82, 2.24) is 0 Å². The van der Waals surface area contributed by atoms with Gasteiger partial charge in [-0.2, -0.15) is 5.26 Å². The summed E-state index contributed by atoms with van der Waals surface area (Å²) in [6, 6.07) is 13.8. The van der Waals surface area contributed by atoms with E-state index in [9.17, 15) is 5.11 Å². The van der Waals surface area contributed by atoms with Gasteiger partial charge in [0, 0.05) is 16.5 Å². The zero-order chi connectivity index (χ0) is 13.8. The van der Waals surface area contributed by atoms with Gasteiger partial charge >= 0.3 is 0 Å². The summed E-state index contributed by atoms with van der Waals surface area (Å²) in [4.78, 5) is 0. The molecule has 98 valence electrons. The molecule has 0 saturated heterocycles. The predicted octanol–water partition coefficient (Wildman–Crippen LogP) is 3.14. The van der Waals surface area contributed by atoms with Crippen molar-refractivity contribution >= 4 is 16.5 Å². The van der Waals surface area contributed by atoms with Gasteiger partial charge in [0.05, 0.1) is 24.3 Å². The van der Waals surface area contributed by atoms with Crippen LogP contribution in [0.3, 0.4) is 0 Å². The van der Waals surface area contributed by atoms with E-state index in [1.807, 2.05) is 36.4 Å². The van der Waals surface area contributed by atoms with Crippen LogP contribution in [0.4, 0.5) is 5.69 Å². The maximum Gasteiger partial charge on any atom is 0.0998 e. The van der Waals surface area contributed by atoms with Gasteiger partial charge in [0.1, 0.15) is 0 Å². The fraction of sp³-hybridized carbons (Fsp3) is 0.312.